The van der Waals surface area contributed by atoms with Gasteiger partial charge < -0.3 is 10.4 Å². The third kappa shape index (κ3) is 3.98. The highest BCUT2D eigenvalue weighted by molar-refractivity contribution is 6.30. The molecule has 4 nitrogen and oxygen atoms in total. The highest BCUT2D eigenvalue weighted by Gasteiger charge is 2.13. The van der Waals surface area contributed by atoms with Gasteiger partial charge in [-0.2, -0.15) is 5.10 Å². The minimum absolute atomic E-state index is 0.277. The predicted octanol–water partition coefficient (Wildman–Crippen LogP) is 1.89. The molecule has 0 saturated carbocycles. The second-order valence-corrected chi connectivity index (χ2v) is 4.62. The van der Waals surface area contributed by atoms with Crippen molar-refractivity contribution >= 4 is 11.6 Å². The number of aliphatic hydroxyl groups is 1. The highest BCUT2D eigenvalue weighted by atomic mass is 35.5. The van der Waals surface area contributed by atoms with Gasteiger partial charge in [0.25, 0.3) is 0 Å². The minimum Gasteiger partial charge on any atom is -0.392 e. The lowest BCUT2D eigenvalue weighted by atomic mass is 10.2. The van der Waals surface area contributed by atoms with E-state index < -0.39 is 0 Å². The zero-order chi connectivity index (χ0) is 12.8. The van der Waals surface area contributed by atoms with Crippen molar-refractivity contribution in [2.45, 2.75) is 45.8 Å². The van der Waals surface area contributed by atoms with Gasteiger partial charge in [-0.25, -0.2) is 0 Å². The number of aromatic nitrogens is 2. The van der Waals surface area contributed by atoms with Gasteiger partial charge in [0.15, 0.2) is 0 Å². The molecular weight excluding hydrogens is 238 g/mol. The summed E-state index contributed by atoms with van der Waals surface area (Å²) in [7, 11) is 1.84. The van der Waals surface area contributed by atoms with Crippen molar-refractivity contribution in [1.29, 1.82) is 0 Å². The number of hydrogen-bond donors (Lipinski definition) is 2. The average Bonchev–Trinajstić information content (AvgIpc) is 2.57. The van der Waals surface area contributed by atoms with Gasteiger partial charge in [0.2, 0.25) is 0 Å². The highest BCUT2D eigenvalue weighted by Crippen LogP contribution is 2.19. The standard InChI is InChI=1S/C12H22ClN3O/c1-4-6-9(17)7-14-8-10-11(5-2)15-16(3)12(10)13/h9,14,17H,4-8H2,1-3H3. The first-order valence-electron chi connectivity index (χ1n) is 6.19. The van der Waals surface area contributed by atoms with Gasteiger partial charge in [-0.3, -0.25) is 4.68 Å². The molecule has 1 unspecified atom stereocenters. The van der Waals surface area contributed by atoms with Crippen LogP contribution in [0.2, 0.25) is 5.15 Å². The van der Waals surface area contributed by atoms with Crippen molar-refractivity contribution in [2.75, 3.05) is 6.54 Å². The second kappa shape index (κ2) is 6.99. The summed E-state index contributed by atoms with van der Waals surface area (Å²) in [4.78, 5) is 0. The lowest BCUT2D eigenvalue weighted by Gasteiger charge is -2.10. The Morgan fingerprint density at radius 2 is 2.18 bits per heavy atom. The van der Waals surface area contributed by atoms with E-state index in [0.29, 0.717) is 18.2 Å². The van der Waals surface area contributed by atoms with E-state index in [4.69, 9.17) is 11.6 Å². The zero-order valence-corrected chi connectivity index (χ0v) is 11.6. The van der Waals surface area contributed by atoms with E-state index in [-0.39, 0.29) is 6.10 Å². The molecule has 0 aromatic carbocycles. The fourth-order valence-electron chi connectivity index (χ4n) is 1.86. The van der Waals surface area contributed by atoms with Crippen molar-refractivity contribution in [3.63, 3.8) is 0 Å². The van der Waals surface area contributed by atoms with Gasteiger partial charge in [-0.1, -0.05) is 31.9 Å². The van der Waals surface area contributed by atoms with E-state index in [1.165, 1.54) is 0 Å². The molecule has 17 heavy (non-hydrogen) atoms. The number of nitrogens with one attached hydrogen (secondary N) is 1. The number of nitrogens with zero attached hydrogens (tertiary/aromatic N) is 2. The van der Waals surface area contributed by atoms with Crippen LogP contribution in [0.1, 0.15) is 37.9 Å². The third-order valence-electron chi connectivity index (χ3n) is 2.79. The first kappa shape index (κ1) is 14.5. The van der Waals surface area contributed by atoms with E-state index in [1.54, 1.807) is 4.68 Å². The Morgan fingerprint density at radius 1 is 1.47 bits per heavy atom. The number of hydrogen-bond acceptors (Lipinski definition) is 3. The Morgan fingerprint density at radius 3 is 2.76 bits per heavy atom. The quantitative estimate of drug-likeness (QED) is 0.786. The predicted molar refractivity (Wildman–Crippen MR) is 70.2 cm³/mol. The Hall–Kier alpha value is -0.580. The van der Waals surface area contributed by atoms with Crippen molar-refractivity contribution < 1.29 is 5.11 Å². The summed E-state index contributed by atoms with van der Waals surface area (Å²) in [5, 5.41) is 17.9. The minimum atomic E-state index is -0.277. The molecule has 1 aromatic heterocycles. The van der Waals surface area contributed by atoms with Crippen molar-refractivity contribution in [3.8, 4) is 0 Å². The molecular formula is C12H22ClN3O. The Balaban J connectivity index is 2.51. The summed E-state index contributed by atoms with van der Waals surface area (Å²) in [6.07, 6.45) is 2.42. The molecule has 0 bridgehead atoms. The van der Waals surface area contributed by atoms with Crippen LogP contribution < -0.4 is 5.32 Å². The maximum absolute atomic E-state index is 9.61. The molecule has 0 aliphatic carbocycles. The molecule has 0 radical (unpaired) electrons. The van der Waals surface area contributed by atoms with E-state index in [1.807, 2.05) is 7.05 Å². The van der Waals surface area contributed by atoms with Gasteiger partial charge >= 0.3 is 0 Å². The van der Waals surface area contributed by atoms with Gasteiger partial charge in [0.05, 0.1) is 11.8 Å². The SMILES string of the molecule is CCCC(O)CNCc1c(CC)nn(C)c1Cl. The molecule has 98 valence electrons. The summed E-state index contributed by atoms with van der Waals surface area (Å²) in [6, 6.07) is 0. The molecule has 0 aliphatic rings. The van der Waals surface area contributed by atoms with E-state index in [0.717, 1.165) is 30.5 Å². The van der Waals surface area contributed by atoms with Crippen LogP contribution in [0.4, 0.5) is 0 Å². The maximum Gasteiger partial charge on any atom is 0.131 e. The van der Waals surface area contributed by atoms with Crippen LogP contribution >= 0.6 is 11.6 Å². The first-order valence-corrected chi connectivity index (χ1v) is 6.56. The monoisotopic (exact) mass is 259 g/mol. The number of aryl methyl sites for hydroxylation is 2. The summed E-state index contributed by atoms with van der Waals surface area (Å²) >= 11 is 6.17. The largest absolute Gasteiger partial charge is 0.392 e. The number of halogens is 1. The van der Waals surface area contributed by atoms with Gasteiger partial charge in [-0.15, -0.1) is 0 Å². The zero-order valence-electron chi connectivity index (χ0n) is 10.8. The van der Waals surface area contributed by atoms with Crippen LogP contribution in [-0.2, 0) is 20.0 Å². The smallest absolute Gasteiger partial charge is 0.131 e. The molecule has 0 fully saturated rings. The first-order chi connectivity index (χ1) is 8.10. The molecule has 0 aliphatic heterocycles. The number of aliphatic hydroxyl groups excluding tert-OH is 1. The normalized spacial score (nSPS) is 13.0. The van der Waals surface area contributed by atoms with Crippen LogP contribution in [0.15, 0.2) is 0 Å². The fourth-order valence-corrected chi connectivity index (χ4v) is 2.07. The topological polar surface area (TPSA) is 50.1 Å². The Labute approximate surface area is 108 Å². The van der Waals surface area contributed by atoms with Gasteiger partial charge in [-0.05, 0) is 12.8 Å². The van der Waals surface area contributed by atoms with E-state index in [2.05, 4.69) is 24.3 Å². The van der Waals surface area contributed by atoms with Crippen molar-refractivity contribution in [2.24, 2.45) is 7.05 Å². The van der Waals surface area contributed by atoms with Gasteiger partial charge in [0.1, 0.15) is 5.15 Å². The second-order valence-electron chi connectivity index (χ2n) is 4.27. The molecule has 0 saturated heterocycles. The summed E-state index contributed by atoms with van der Waals surface area (Å²) in [6.45, 7) is 5.39. The molecule has 5 heteroatoms. The fraction of sp³-hybridized carbons (Fsp3) is 0.750. The Kier molecular flexibility index (Phi) is 5.95. The molecule has 2 N–H and O–H groups in total. The van der Waals surface area contributed by atoms with Crippen LogP contribution in [0, 0.1) is 0 Å². The molecule has 1 aromatic rings. The van der Waals surface area contributed by atoms with Crippen LogP contribution in [0.25, 0.3) is 0 Å². The summed E-state index contributed by atoms with van der Waals surface area (Å²) < 4.78 is 1.69. The number of rotatable bonds is 7. The van der Waals surface area contributed by atoms with Crippen molar-refractivity contribution in [1.82, 2.24) is 15.1 Å². The lowest BCUT2D eigenvalue weighted by Crippen LogP contribution is -2.26. The summed E-state index contributed by atoms with van der Waals surface area (Å²) in [5.41, 5.74) is 2.07. The van der Waals surface area contributed by atoms with Crippen LogP contribution in [-0.4, -0.2) is 27.5 Å². The molecule has 1 heterocycles. The maximum atomic E-state index is 9.61. The van der Waals surface area contributed by atoms with Crippen LogP contribution in [0.5, 0.6) is 0 Å². The van der Waals surface area contributed by atoms with Gasteiger partial charge in [0, 0.05) is 25.7 Å². The lowest BCUT2D eigenvalue weighted by molar-refractivity contribution is 0.160. The average molecular weight is 260 g/mol. The third-order valence-corrected chi connectivity index (χ3v) is 3.26. The molecule has 1 atom stereocenters. The van der Waals surface area contributed by atoms with Crippen molar-refractivity contribution in [3.05, 3.63) is 16.4 Å². The molecule has 0 spiro atoms. The molecule has 1 rings (SSSR count). The van der Waals surface area contributed by atoms with Crippen LogP contribution in [0.3, 0.4) is 0 Å². The summed E-state index contributed by atoms with van der Waals surface area (Å²) in [5.74, 6) is 0. The van der Waals surface area contributed by atoms with E-state index in [9.17, 15) is 5.11 Å². The molecule has 0 amide bonds. The Bertz CT molecular complexity index is 352. The van der Waals surface area contributed by atoms with E-state index >= 15 is 0 Å².